The fourth-order valence-corrected chi connectivity index (χ4v) is 7.04. The van der Waals surface area contributed by atoms with E-state index in [2.05, 4.69) is 24.3 Å². The number of hydrogen-bond acceptors (Lipinski definition) is 1. The third-order valence-electron chi connectivity index (χ3n) is 1.62. The lowest BCUT2D eigenvalue weighted by Crippen LogP contribution is -2.25. The van der Waals surface area contributed by atoms with Crippen LogP contribution >= 0.6 is 41.7 Å². The number of nitrogens with zero attached hydrogens (tertiary/aromatic N) is 1. The molecule has 0 saturated carbocycles. The van der Waals surface area contributed by atoms with Crippen molar-refractivity contribution in [3.8, 4) is 0 Å². The molecule has 0 amide bonds. The molecule has 13 heavy (non-hydrogen) atoms. The van der Waals surface area contributed by atoms with Crippen LogP contribution < -0.4 is 0 Å². The maximum Gasteiger partial charge on any atom is 0.172 e. The van der Waals surface area contributed by atoms with E-state index in [1.165, 1.54) is 0 Å². The number of rotatable bonds is 1. The topological polar surface area (TPSA) is 12.4 Å². The molecule has 0 aromatic heterocycles. The second-order valence-electron chi connectivity index (χ2n) is 4.15. The Morgan fingerprint density at radius 1 is 1.38 bits per heavy atom. The first-order chi connectivity index (χ1) is 5.72. The lowest BCUT2D eigenvalue weighted by atomic mass is 10.3. The number of halogens is 3. The van der Waals surface area contributed by atoms with E-state index in [1.54, 1.807) is 0 Å². The van der Waals surface area contributed by atoms with Crippen molar-refractivity contribution in [1.82, 2.24) is 0 Å². The van der Waals surface area contributed by atoms with E-state index in [-0.39, 0.29) is 0 Å². The van der Waals surface area contributed by atoms with Crippen LogP contribution in [0.5, 0.6) is 0 Å². The Bertz CT molecular complexity index is 236. The van der Waals surface area contributed by atoms with Crippen LogP contribution in [0.15, 0.2) is 4.66 Å². The Morgan fingerprint density at radius 3 is 2.23 bits per heavy atom. The first-order valence-corrected chi connectivity index (χ1v) is 10.8. The van der Waals surface area contributed by atoms with Gasteiger partial charge in [-0.1, -0.05) is 34.4 Å². The molecule has 1 rings (SSSR count). The van der Waals surface area contributed by atoms with Crippen molar-refractivity contribution >= 4 is 55.4 Å². The lowest BCUT2D eigenvalue weighted by Gasteiger charge is -2.19. The van der Waals surface area contributed by atoms with Crippen LogP contribution in [0.25, 0.3) is 0 Å². The Kier molecular flexibility index (Phi) is 3.75. The predicted octanol–water partition coefficient (Wildman–Crippen LogP) is 4.43. The van der Waals surface area contributed by atoms with Gasteiger partial charge < -0.3 is 4.66 Å². The SMILES string of the molecule is C[Si](C)(C)N=C1P(Cl)CCC1(Cl)Cl. The van der Waals surface area contributed by atoms with Gasteiger partial charge in [0.15, 0.2) is 12.6 Å². The molecular weight excluding hydrogens is 264 g/mol. The van der Waals surface area contributed by atoms with Crippen LogP contribution in [0, 0.1) is 0 Å². The van der Waals surface area contributed by atoms with Gasteiger partial charge in [0.2, 0.25) is 0 Å². The van der Waals surface area contributed by atoms with Gasteiger partial charge in [0.25, 0.3) is 0 Å². The zero-order valence-electron chi connectivity index (χ0n) is 7.94. The molecule has 0 N–H and O–H groups in total. The summed E-state index contributed by atoms with van der Waals surface area (Å²) >= 11 is 18.4. The molecule has 1 aliphatic rings. The van der Waals surface area contributed by atoms with Crippen LogP contribution in [0.3, 0.4) is 0 Å². The molecular formula is C7H13Cl3NPSi. The van der Waals surface area contributed by atoms with Crippen molar-refractivity contribution in [3.05, 3.63) is 0 Å². The van der Waals surface area contributed by atoms with Crippen LogP contribution in [0.2, 0.25) is 19.6 Å². The zero-order valence-corrected chi connectivity index (χ0v) is 12.1. The minimum absolute atomic E-state index is 0.688. The molecule has 0 aromatic rings. The van der Waals surface area contributed by atoms with Crippen LogP contribution in [-0.4, -0.2) is 24.2 Å². The lowest BCUT2D eigenvalue weighted by molar-refractivity contribution is 0.980. The van der Waals surface area contributed by atoms with E-state index in [0.29, 0.717) is 0 Å². The highest BCUT2D eigenvalue weighted by Crippen LogP contribution is 2.58. The van der Waals surface area contributed by atoms with Crippen LogP contribution in [0.1, 0.15) is 6.42 Å². The molecule has 6 heteroatoms. The quantitative estimate of drug-likeness (QED) is 0.382. The third kappa shape index (κ3) is 3.35. The normalized spacial score (nSPS) is 31.2. The maximum atomic E-state index is 6.16. The smallest absolute Gasteiger partial charge is 0.172 e. The third-order valence-corrected chi connectivity index (χ3v) is 6.25. The molecule has 1 unspecified atom stereocenters. The first kappa shape index (κ1) is 12.3. The highest BCUT2D eigenvalue weighted by Gasteiger charge is 2.42. The average molecular weight is 277 g/mol. The Morgan fingerprint density at radius 2 is 1.92 bits per heavy atom. The van der Waals surface area contributed by atoms with Gasteiger partial charge in [-0.2, -0.15) is 0 Å². The van der Waals surface area contributed by atoms with Gasteiger partial charge in [0.1, 0.15) is 0 Å². The molecule has 1 aliphatic heterocycles. The van der Waals surface area contributed by atoms with Crippen LogP contribution in [-0.2, 0) is 0 Å². The van der Waals surface area contributed by atoms with Gasteiger partial charge in [0.05, 0.1) is 5.45 Å². The van der Waals surface area contributed by atoms with Crippen molar-refractivity contribution in [1.29, 1.82) is 0 Å². The van der Waals surface area contributed by atoms with E-state index < -0.39 is 19.8 Å². The summed E-state index contributed by atoms with van der Waals surface area (Å²) in [4.78, 5) is 0. The Labute approximate surface area is 96.5 Å². The second kappa shape index (κ2) is 3.98. The van der Waals surface area contributed by atoms with E-state index in [9.17, 15) is 0 Å². The molecule has 1 fully saturated rings. The van der Waals surface area contributed by atoms with Gasteiger partial charge in [0, 0.05) is 7.27 Å². The molecule has 0 aromatic carbocycles. The number of hydrogen-bond donors (Lipinski definition) is 0. The molecule has 1 heterocycles. The molecule has 0 radical (unpaired) electrons. The van der Waals surface area contributed by atoms with Gasteiger partial charge in [-0.05, 0) is 32.2 Å². The minimum atomic E-state index is -1.50. The standard InChI is InChI=1S/C7H13Cl3NPSi/c1-13(2,3)11-6-7(8,9)4-5-12(6)10/h4-5H2,1-3H3. The van der Waals surface area contributed by atoms with Crippen molar-refractivity contribution < 1.29 is 0 Å². The van der Waals surface area contributed by atoms with E-state index in [0.717, 1.165) is 18.0 Å². The fraction of sp³-hybridized carbons (Fsp3) is 0.857. The molecule has 0 aliphatic carbocycles. The van der Waals surface area contributed by atoms with Gasteiger partial charge in [-0.3, -0.25) is 0 Å². The highest BCUT2D eigenvalue weighted by atomic mass is 35.7. The summed E-state index contributed by atoms with van der Waals surface area (Å²) in [6.07, 6.45) is 1.64. The summed E-state index contributed by atoms with van der Waals surface area (Å²) in [5, 5.41) is 0. The largest absolute Gasteiger partial charge is 0.321 e. The molecule has 0 bridgehead atoms. The molecule has 76 valence electrons. The maximum absolute atomic E-state index is 6.16. The van der Waals surface area contributed by atoms with Crippen molar-refractivity contribution in [2.45, 2.75) is 30.4 Å². The van der Waals surface area contributed by atoms with Crippen LogP contribution in [0.4, 0.5) is 0 Å². The van der Waals surface area contributed by atoms with Gasteiger partial charge in [-0.25, -0.2) is 0 Å². The minimum Gasteiger partial charge on any atom is -0.321 e. The molecule has 1 nitrogen and oxygen atoms in total. The summed E-state index contributed by atoms with van der Waals surface area (Å²) < 4.78 is 3.85. The molecule has 1 atom stereocenters. The monoisotopic (exact) mass is 275 g/mol. The van der Waals surface area contributed by atoms with Crippen molar-refractivity contribution in [2.24, 2.45) is 4.66 Å². The first-order valence-electron chi connectivity index (χ1n) is 4.14. The van der Waals surface area contributed by atoms with E-state index in [1.807, 2.05) is 0 Å². The zero-order chi connectivity index (χ0) is 10.3. The molecule has 1 saturated heterocycles. The summed E-state index contributed by atoms with van der Waals surface area (Å²) in [6.45, 7) is 6.47. The molecule has 0 spiro atoms. The van der Waals surface area contributed by atoms with E-state index in [4.69, 9.17) is 34.4 Å². The summed E-state index contributed by atoms with van der Waals surface area (Å²) in [6, 6.07) is 0. The van der Waals surface area contributed by atoms with Crippen molar-refractivity contribution in [3.63, 3.8) is 0 Å². The fourth-order valence-electron chi connectivity index (χ4n) is 1.09. The predicted molar refractivity (Wildman–Crippen MR) is 67.5 cm³/mol. The average Bonchev–Trinajstić information content (AvgIpc) is 2.13. The second-order valence-corrected chi connectivity index (χ2v) is 13.0. The Balaban J connectivity index is 2.95. The van der Waals surface area contributed by atoms with Gasteiger partial charge >= 0.3 is 0 Å². The Hall–Kier alpha value is 1.19. The highest BCUT2D eigenvalue weighted by molar-refractivity contribution is 7.98. The van der Waals surface area contributed by atoms with Crippen molar-refractivity contribution in [2.75, 3.05) is 6.16 Å². The summed E-state index contributed by atoms with van der Waals surface area (Å²) in [7, 11) is -2.19. The summed E-state index contributed by atoms with van der Waals surface area (Å²) in [5.74, 6) is 0. The number of alkyl halides is 2. The van der Waals surface area contributed by atoms with Gasteiger partial charge in [-0.15, -0.1) is 0 Å². The summed E-state index contributed by atoms with van der Waals surface area (Å²) in [5.41, 5.74) is 0.853. The van der Waals surface area contributed by atoms with E-state index >= 15 is 0 Å².